The van der Waals surface area contributed by atoms with Gasteiger partial charge in [0.15, 0.2) is 5.96 Å². The number of guanidine groups is 1. The second-order valence-corrected chi connectivity index (χ2v) is 8.71. The minimum Gasteiger partial charge on any atom is -0.469 e. The first-order chi connectivity index (χ1) is 14.8. The summed E-state index contributed by atoms with van der Waals surface area (Å²) in [4.78, 5) is 23.2. The van der Waals surface area contributed by atoms with Crippen LogP contribution < -0.4 is 5.32 Å². The number of amides is 1. The Labute approximate surface area is 181 Å². The lowest BCUT2D eigenvalue weighted by atomic mass is 9.95. The van der Waals surface area contributed by atoms with Crippen molar-refractivity contribution in [3.05, 3.63) is 46.5 Å². The van der Waals surface area contributed by atoms with Crippen molar-refractivity contribution in [2.45, 2.75) is 25.8 Å². The first-order valence-electron chi connectivity index (χ1n) is 10.7. The fourth-order valence-electron chi connectivity index (χ4n) is 3.96. The minimum absolute atomic E-state index is 0.112. The topological polar surface area (TPSA) is 70.3 Å². The van der Waals surface area contributed by atoms with Crippen LogP contribution in [0.1, 0.15) is 23.5 Å². The molecule has 7 nitrogen and oxygen atoms in total. The quantitative estimate of drug-likeness (QED) is 0.564. The van der Waals surface area contributed by atoms with Crippen LogP contribution in [0, 0.1) is 5.92 Å². The largest absolute Gasteiger partial charge is 0.469 e. The molecule has 2 aliphatic heterocycles. The summed E-state index contributed by atoms with van der Waals surface area (Å²) in [5, 5.41) is 5.59. The Morgan fingerprint density at radius 2 is 1.97 bits per heavy atom. The van der Waals surface area contributed by atoms with Gasteiger partial charge in [-0.1, -0.05) is 6.07 Å². The molecule has 0 atom stereocenters. The highest BCUT2D eigenvalue weighted by Crippen LogP contribution is 2.21. The number of carbonyl (C=O) groups excluding carboxylic acids is 1. The number of nitrogens with zero attached hydrogens (tertiary/aromatic N) is 3. The van der Waals surface area contributed by atoms with Crippen molar-refractivity contribution in [1.82, 2.24) is 15.1 Å². The third-order valence-electron chi connectivity index (χ3n) is 5.67. The highest BCUT2D eigenvalue weighted by Gasteiger charge is 2.30. The SMILES string of the molecule is O=C(C1CCN(C(=NCc2cccs2)NCCc2ccco2)CC1)N1CCOCC1. The van der Waals surface area contributed by atoms with Gasteiger partial charge >= 0.3 is 0 Å². The van der Waals surface area contributed by atoms with Crippen molar-refractivity contribution in [3.8, 4) is 0 Å². The molecule has 1 N–H and O–H groups in total. The molecule has 0 unspecified atom stereocenters. The maximum Gasteiger partial charge on any atom is 0.225 e. The van der Waals surface area contributed by atoms with E-state index < -0.39 is 0 Å². The van der Waals surface area contributed by atoms with Gasteiger partial charge in [0.25, 0.3) is 0 Å². The molecule has 2 fully saturated rings. The fraction of sp³-hybridized carbons (Fsp3) is 0.545. The van der Waals surface area contributed by atoms with Crippen molar-refractivity contribution < 1.29 is 13.9 Å². The molecule has 8 heteroatoms. The van der Waals surface area contributed by atoms with Crippen LogP contribution in [0.3, 0.4) is 0 Å². The van der Waals surface area contributed by atoms with E-state index >= 15 is 0 Å². The highest BCUT2D eigenvalue weighted by molar-refractivity contribution is 7.09. The van der Waals surface area contributed by atoms with Gasteiger partial charge in [-0.2, -0.15) is 0 Å². The average Bonchev–Trinajstić information content (AvgIpc) is 3.51. The zero-order valence-electron chi connectivity index (χ0n) is 17.3. The van der Waals surface area contributed by atoms with Crippen molar-refractivity contribution >= 4 is 23.2 Å². The number of carbonyl (C=O) groups is 1. The first-order valence-corrected chi connectivity index (χ1v) is 11.6. The average molecular weight is 431 g/mol. The van der Waals surface area contributed by atoms with Crippen LogP contribution >= 0.6 is 11.3 Å². The highest BCUT2D eigenvalue weighted by atomic mass is 32.1. The smallest absolute Gasteiger partial charge is 0.225 e. The molecule has 1 amide bonds. The summed E-state index contributed by atoms with van der Waals surface area (Å²) in [6.07, 6.45) is 4.26. The van der Waals surface area contributed by atoms with E-state index in [0.29, 0.717) is 25.7 Å². The zero-order chi connectivity index (χ0) is 20.6. The number of likely N-dealkylation sites (tertiary alicyclic amines) is 1. The van der Waals surface area contributed by atoms with E-state index in [0.717, 1.165) is 63.7 Å². The van der Waals surface area contributed by atoms with Crippen LogP contribution in [0.25, 0.3) is 0 Å². The van der Waals surface area contributed by atoms with E-state index in [1.165, 1.54) is 4.88 Å². The number of thiophene rings is 1. The second kappa shape index (κ2) is 10.6. The molecule has 4 heterocycles. The molecule has 30 heavy (non-hydrogen) atoms. The van der Waals surface area contributed by atoms with E-state index in [1.807, 2.05) is 17.0 Å². The Morgan fingerprint density at radius 3 is 2.67 bits per heavy atom. The lowest BCUT2D eigenvalue weighted by molar-refractivity contribution is -0.140. The summed E-state index contributed by atoms with van der Waals surface area (Å²) in [5.41, 5.74) is 0. The van der Waals surface area contributed by atoms with Gasteiger partial charge in [0.1, 0.15) is 5.76 Å². The number of hydrogen-bond acceptors (Lipinski definition) is 5. The number of piperidine rings is 1. The van der Waals surface area contributed by atoms with Gasteiger partial charge in [-0.3, -0.25) is 4.79 Å². The molecule has 2 aliphatic rings. The summed E-state index contributed by atoms with van der Waals surface area (Å²) in [7, 11) is 0. The lowest BCUT2D eigenvalue weighted by Gasteiger charge is -2.36. The number of ether oxygens (including phenoxy) is 1. The van der Waals surface area contributed by atoms with Gasteiger partial charge in [-0.25, -0.2) is 4.99 Å². The molecule has 2 aromatic rings. The third-order valence-corrected chi connectivity index (χ3v) is 6.53. The van der Waals surface area contributed by atoms with E-state index in [9.17, 15) is 4.79 Å². The molecular formula is C22H30N4O3S. The number of furan rings is 1. The van der Waals surface area contributed by atoms with E-state index in [2.05, 4.69) is 27.7 Å². The summed E-state index contributed by atoms with van der Waals surface area (Å²) in [5.74, 6) is 2.30. The first kappa shape index (κ1) is 20.9. The Morgan fingerprint density at radius 1 is 1.13 bits per heavy atom. The van der Waals surface area contributed by atoms with Gasteiger partial charge in [0.05, 0.1) is 26.0 Å². The zero-order valence-corrected chi connectivity index (χ0v) is 18.1. The molecule has 162 valence electrons. The minimum atomic E-state index is 0.112. The maximum atomic E-state index is 12.8. The van der Waals surface area contributed by atoms with E-state index in [1.54, 1.807) is 17.6 Å². The third kappa shape index (κ3) is 5.64. The van der Waals surface area contributed by atoms with Crippen molar-refractivity contribution in [2.75, 3.05) is 45.9 Å². The Bertz CT molecular complexity index is 792. The molecule has 0 spiro atoms. The number of rotatable bonds is 6. The van der Waals surface area contributed by atoms with Gasteiger partial charge in [0.2, 0.25) is 5.91 Å². The Balaban J connectivity index is 1.33. The van der Waals surface area contributed by atoms with Crippen LogP contribution in [0.4, 0.5) is 0 Å². The molecule has 0 saturated carbocycles. The standard InChI is InChI=1S/C22H30N4O3S/c27-21(25-11-14-28-15-12-25)18-6-9-26(10-7-18)22(24-17-20-4-2-16-30-20)23-8-5-19-3-1-13-29-19/h1-4,13,16,18H,5-12,14-15,17H2,(H,23,24). The molecule has 2 saturated heterocycles. The van der Waals surface area contributed by atoms with Gasteiger partial charge in [-0.15, -0.1) is 11.3 Å². The summed E-state index contributed by atoms with van der Waals surface area (Å²) < 4.78 is 10.8. The molecule has 0 radical (unpaired) electrons. The predicted molar refractivity (Wildman–Crippen MR) is 118 cm³/mol. The summed E-state index contributed by atoms with van der Waals surface area (Å²) in [6, 6.07) is 8.08. The van der Waals surface area contributed by atoms with Crippen molar-refractivity contribution in [3.63, 3.8) is 0 Å². The number of hydrogen-bond donors (Lipinski definition) is 1. The fourth-order valence-corrected chi connectivity index (χ4v) is 4.58. The van der Waals surface area contributed by atoms with Gasteiger partial charge < -0.3 is 24.3 Å². The number of aliphatic imine (C=N–C) groups is 1. The van der Waals surface area contributed by atoms with Crippen LogP contribution in [0.15, 0.2) is 45.3 Å². The predicted octanol–water partition coefficient (Wildman–Crippen LogP) is 2.60. The Hall–Kier alpha value is -2.32. The molecule has 0 bridgehead atoms. The van der Waals surface area contributed by atoms with Crippen molar-refractivity contribution in [2.24, 2.45) is 10.9 Å². The molecule has 0 aromatic carbocycles. The summed E-state index contributed by atoms with van der Waals surface area (Å²) in [6.45, 7) is 5.89. The van der Waals surface area contributed by atoms with Crippen molar-refractivity contribution in [1.29, 1.82) is 0 Å². The molecular weight excluding hydrogens is 400 g/mol. The number of nitrogens with one attached hydrogen (secondary N) is 1. The number of morpholine rings is 1. The molecule has 0 aliphatic carbocycles. The lowest BCUT2D eigenvalue weighted by Crippen LogP contribution is -2.50. The van der Waals surface area contributed by atoms with Crippen LogP contribution in [-0.4, -0.2) is 67.6 Å². The van der Waals surface area contributed by atoms with Crippen LogP contribution in [-0.2, 0) is 22.5 Å². The second-order valence-electron chi connectivity index (χ2n) is 7.67. The van der Waals surface area contributed by atoms with Crippen LogP contribution in [0.5, 0.6) is 0 Å². The summed E-state index contributed by atoms with van der Waals surface area (Å²) >= 11 is 1.72. The molecule has 2 aromatic heterocycles. The monoisotopic (exact) mass is 430 g/mol. The van der Waals surface area contributed by atoms with Gasteiger partial charge in [0, 0.05) is 49.9 Å². The van der Waals surface area contributed by atoms with Crippen LogP contribution in [0.2, 0.25) is 0 Å². The molecule has 4 rings (SSSR count). The maximum absolute atomic E-state index is 12.8. The van der Waals surface area contributed by atoms with E-state index in [4.69, 9.17) is 14.1 Å². The van der Waals surface area contributed by atoms with E-state index in [-0.39, 0.29) is 5.92 Å². The Kier molecular flexibility index (Phi) is 7.42. The normalized spacial score (nSPS) is 18.6. The van der Waals surface area contributed by atoms with Gasteiger partial charge in [-0.05, 0) is 36.4 Å².